The van der Waals surface area contributed by atoms with Crippen molar-refractivity contribution in [3.63, 3.8) is 0 Å². The molecule has 7 heteroatoms. The molecule has 0 fully saturated rings. The van der Waals surface area contributed by atoms with E-state index in [2.05, 4.69) is 0 Å². The zero-order chi connectivity index (χ0) is 18.3. The first-order valence-corrected chi connectivity index (χ1v) is 7.69. The number of phenols is 1. The number of rotatable bonds is 2. The Morgan fingerprint density at radius 1 is 1.24 bits per heavy atom. The highest BCUT2D eigenvalue weighted by Gasteiger charge is 2.23. The van der Waals surface area contributed by atoms with Crippen molar-refractivity contribution in [2.45, 2.75) is 13.8 Å². The second-order valence-corrected chi connectivity index (χ2v) is 5.92. The molecule has 0 unspecified atom stereocenters. The molecule has 1 aromatic heterocycles. The zero-order valence-electron chi connectivity index (χ0n) is 13.3. The van der Waals surface area contributed by atoms with E-state index in [-0.39, 0.29) is 22.2 Å². The first kappa shape index (κ1) is 17.0. The van der Waals surface area contributed by atoms with Crippen LogP contribution in [0.4, 0.5) is 4.39 Å². The molecule has 0 saturated carbocycles. The van der Waals surface area contributed by atoms with E-state index >= 15 is 0 Å². The normalized spacial score (nSPS) is 10.9. The molecule has 1 N–H and O–H groups in total. The number of hydrogen-bond donors (Lipinski definition) is 1. The minimum atomic E-state index is -0.889. The molecular formula is C18H13ClFNO4. The lowest BCUT2D eigenvalue weighted by Crippen LogP contribution is -2.14. The van der Waals surface area contributed by atoms with Crippen LogP contribution in [0.2, 0.25) is 5.02 Å². The predicted octanol–water partition coefficient (Wildman–Crippen LogP) is 4.06. The van der Waals surface area contributed by atoms with Crippen LogP contribution in [0.3, 0.4) is 0 Å². The van der Waals surface area contributed by atoms with Crippen molar-refractivity contribution in [3.05, 3.63) is 58.5 Å². The molecule has 1 heterocycles. The van der Waals surface area contributed by atoms with Crippen LogP contribution in [0.25, 0.3) is 10.9 Å². The van der Waals surface area contributed by atoms with Gasteiger partial charge in [0.25, 0.3) is 5.91 Å². The lowest BCUT2D eigenvalue weighted by atomic mass is 10.2. The average Bonchev–Trinajstić information content (AvgIpc) is 2.79. The number of aromatic hydroxyl groups is 1. The molecule has 0 aliphatic carbocycles. The summed E-state index contributed by atoms with van der Waals surface area (Å²) in [5.41, 5.74) is 0.768. The first-order valence-electron chi connectivity index (χ1n) is 7.31. The van der Waals surface area contributed by atoms with Gasteiger partial charge in [0.2, 0.25) is 0 Å². The summed E-state index contributed by atoms with van der Waals surface area (Å²) < 4.78 is 20.3. The van der Waals surface area contributed by atoms with E-state index < -0.39 is 23.4 Å². The molecular weight excluding hydrogens is 349 g/mol. The number of halogens is 2. The maximum Gasteiger partial charge on any atom is 0.308 e. The molecule has 0 aliphatic rings. The van der Waals surface area contributed by atoms with Gasteiger partial charge in [-0.25, -0.2) is 4.39 Å². The van der Waals surface area contributed by atoms with Crippen molar-refractivity contribution in [1.82, 2.24) is 4.57 Å². The van der Waals surface area contributed by atoms with Crippen molar-refractivity contribution in [2.75, 3.05) is 0 Å². The minimum absolute atomic E-state index is 0.0909. The Hall–Kier alpha value is -2.86. The number of ether oxygens (including phenoxy) is 1. The van der Waals surface area contributed by atoms with E-state index in [0.29, 0.717) is 10.7 Å². The fraction of sp³-hybridized carbons (Fsp3) is 0.111. The molecule has 25 heavy (non-hydrogen) atoms. The van der Waals surface area contributed by atoms with Crippen LogP contribution < -0.4 is 4.74 Å². The van der Waals surface area contributed by atoms with Crippen LogP contribution in [-0.2, 0) is 4.79 Å². The third kappa shape index (κ3) is 2.96. The first-order chi connectivity index (χ1) is 11.8. The van der Waals surface area contributed by atoms with Crippen LogP contribution in [-0.4, -0.2) is 21.6 Å². The third-order valence-corrected chi connectivity index (χ3v) is 3.97. The fourth-order valence-electron chi connectivity index (χ4n) is 2.68. The molecule has 0 aliphatic heterocycles. The monoisotopic (exact) mass is 361 g/mol. The predicted molar refractivity (Wildman–Crippen MR) is 90.8 cm³/mol. The number of fused-ring (bicyclic) bond motifs is 1. The topological polar surface area (TPSA) is 68.5 Å². The highest BCUT2D eigenvalue weighted by Crippen LogP contribution is 2.37. The van der Waals surface area contributed by atoms with Gasteiger partial charge < -0.3 is 9.84 Å². The Bertz CT molecular complexity index is 1030. The molecule has 0 bridgehead atoms. The number of hydrogen-bond acceptors (Lipinski definition) is 4. The molecule has 128 valence electrons. The van der Waals surface area contributed by atoms with Gasteiger partial charge in [-0.05, 0) is 31.2 Å². The molecule has 3 aromatic rings. The number of carbonyl (C=O) groups is 2. The van der Waals surface area contributed by atoms with E-state index in [1.807, 2.05) is 0 Å². The number of phenolic OH excluding ortho intramolecular Hbond substituents is 1. The van der Waals surface area contributed by atoms with Crippen LogP contribution in [0, 0.1) is 12.7 Å². The molecule has 0 radical (unpaired) electrons. The van der Waals surface area contributed by atoms with Gasteiger partial charge in [-0.2, -0.15) is 0 Å². The third-order valence-electron chi connectivity index (χ3n) is 3.74. The van der Waals surface area contributed by atoms with Gasteiger partial charge in [0.05, 0.1) is 11.2 Å². The van der Waals surface area contributed by atoms with Gasteiger partial charge in [-0.1, -0.05) is 17.7 Å². The van der Waals surface area contributed by atoms with Crippen molar-refractivity contribution in [3.8, 4) is 11.5 Å². The summed E-state index contributed by atoms with van der Waals surface area (Å²) in [6.07, 6.45) is 0. The Balaban J connectivity index is 2.30. The standard InChI is InChI=1S/C18H13ClFNO4/c1-9-17(25-10(2)22)13-7-16(23)14(20)8-15(13)21(9)18(24)11-4-3-5-12(19)6-11/h3-8,23H,1-2H3. The Labute approximate surface area is 147 Å². The Kier molecular flexibility index (Phi) is 4.22. The summed E-state index contributed by atoms with van der Waals surface area (Å²) >= 11 is 5.93. The maximum absolute atomic E-state index is 13.9. The highest BCUT2D eigenvalue weighted by molar-refractivity contribution is 6.31. The molecule has 0 saturated heterocycles. The minimum Gasteiger partial charge on any atom is -0.505 e. The van der Waals surface area contributed by atoms with E-state index in [1.165, 1.54) is 17.6 Å². The highest BCUT2D eigenvalue weighted by atomic mass is 35.5. The van der Waals surface area contributed by atoms with E-state index in [9.17, 15) is 19.1 Å². The summed E-state index contributed by atoms with van der Waals surface area (Å²) in [5, 5.41) is 10.3. The van der Waals surface area contributed by atoms with Crippen molar-refractivity contribution in [2.24, 2.45) is 0 Å². The van der Waals surface area contributed by atoms with Gasteiger partial charge in [-0.15, -0.1) is 0 Å². The number of aromatic nitrogens is 1. The summed E-state index contributed by atoms with van der Waals surface area (Å²) in [7, 11) is 0. The molecule has 2 aromatic carbocycles. The Morgan fingerprint density at radius 2 is 1.96 bits per heavy atom. The lowest BCUT2D eigenvalue weighted by Gasteiger charge is -2.08. The van der Waals surface area contributed by atoms with Crippen LogP contribution in [0.1, 0.15) is 23.0 Å². The summed E-state index contributed by atoms with van der Waals surface area (Å²) in [6, 6.07) is 8.45. The lowest BCUT2D eigenvalue weighted by molar-refractivity contribution is -0.131. The van der Waals surface area contributed by atoms with Crippen molar-refractivity contribution < 1.29 is 23.8 Å². The van der Waals surface area contributed by atoms with E-state index in [1.54, 1.807) is 25.1 Å². The molecule has 0 atom stereocenters. The maximum atomic E-state index is 13.9. The molecule has 5 nitrogen and oxygen atoms in total. The molecule has 0 amide bonds. The Morgan fingerprint density at radius 3 is 2.60 bits per heavy atom. The van der Waals surface area contributed by atoms with Crippen molar-refractivity contribution >= 4 is 34.4 Å². The van der Waals surface area contributed by atoms with Crippen LogP contribution in [0.5, 0.6) is 11.5 Å². The van der Waals surface area contributed by atoms with Crippen LogP contribution >= 0.6 is 11.6 Å². The van der Waals surface area contributed by atoms with Gasteiger partial charge in [0.1, 0.15) is 0 Å². The smallest absolute Gasteiger partial charge is 0.308 e. The van der Waals surface area contributed by atoms with Crippen LogP contribution in [0.15, 0.2) is 36.4 Å². The SMILES string of the molecule is CC(=O)Oc1c(C)n(C(=O)c2cccc(Cl)c2)c2cc(F)c(O)cc12. The molecule has 3 rings (SSSR count). The van der Waals surface area contributed by atoms with E-state index in [0.717, 1.165) is 12.1 Å². The largest absolute Gasteiger partial charge is 0.505 e. The second kappa shape index (κ2) is 6.22. The number of esters is 1. The summed E-state index contributed by atoms with van der Waals surface area (Å²) in [6.45, 7) is 2.78. The summed E-state index contributed by atoms with van der Waals surface area (Å²) in [4.78, 5) is 24.3. The quantitative estimate of drug-likeness (QED) is 0.699. The summed E-state index contributed by atoms with van der Waals surface area (Å²) in [5.74, 6) is -2.46. The second-order valence-electron chi connectivity index (χ2n) is 5.48. The number of carbonyl (C=O) groups excluding carboxylic acids is 2. The fourth-order valence-corrected chi connectivity index (χ4v) is 2.87. The number of benzene rings is 2. The van der Waals surface area contributed by atoms with Gasteiger partial charge in [0.15, 0.2) is 17.3 Å². The average molecular weight is 362 g/mol. The zero-order valence-corrected chi connectivity index (χ0v) is 14.1. The van der Waals surface area contributed by atoms with Gasteiger partial charge >= 0.3 is 5.97 Å². The van der Waals surface area contributed by atoms with Gasteiger partial charge in [0, 0.05) is 29.0 Å². The van der Waals surface area contributed by atoms with Crippen molar-refractivity contribution in [1.29, 1.82) is 0 Å². The number of nitrogens with zero attached hydrogens (tertiary/aromatic N) is 1. The van der Waals surface area contributed by atoms with E-state index in [4.69, 9.17) is 16.3 Å². The molecule has 0 spiro atoms. The van der Waals surface area contributed by atoms with Gasteiger partial charge in [-0.3, -0.25) is 14.2 Å².